The molecule has 1 fully saturated rings. The van der Waals surface area contributed by atoms with E-state index < -0.39 is 10.0 Å². The molecule has 2 aromatic rings. The molecule has 1 amide bonds. The average Bonchev–Trinajstić information content (AvgIpc) is 3.24. The monoisotopic (exact) mass is 432 g/mol. The Morgan fingerprint density at radius 2 is 2.08 bits per heavy atom. The highest BCUT2D eigenvalue weighted by Gasteiger charge is 2.25. The maximum Gasteiger partial charge on any atom is 0.257 e. The standard InChI is InChI=1S/C15H17BrN2O4S2/c16-13-1-2-14(23-13)24(20,21)17-9-11-3-6-18(7-4-11)15(19)12-5-8-22-10-12/h1-2,5,8,10-11,17H,3-4,6-7,9H2. The second-order valence-corrected chi connectivity index (χ2v) is 10.1. The summed E-state index contributed by atoms with van der Waals surface area (Å²) in [5, 5.41) is 0. The van der Waals surface area contributed by atoms with E-state index in [1.807, 2.05) is 0 Å². The molecule has 3 heterocycles. The first-order valence-electron chi connectivity index (χ1n) is 7.52. The van der Waals surface area contributed by atoms with Gasteiger partial charge < -0.3 is 9.32 Å². The van der Waals surface area contributed by atoms with Gasteiger partial charge in [0.15, 0.2) is 0 Å². The average molecular weight is 433 g/mol. The third-order valence-electron chi connectivity index (χ3n) is 4.05. The van der Waals surface area contributed by atoms with E-state index in [1.165, 1.54) is 23.9 Å². The third-order valence-corrected chi connectivity index (χ3v) is 7.58. The fourth-order valence-electron chi connectivity index (χ4n) is 2.65. The molecular formula is C15H17BrN2O4S2. The van der Waals surface area contributed by atoms with Crippen LogP contribution in [0.2, 0.25) is 0 Å². The van der Waals surface area contributed by atoms with Crippen molar-refractivity contribution in [3.8, 4) is 0 Å². The van der Waals surface area contributed by atoms with E-state index in [2.05, 4.69) is 20.7 Å². The van der Waals surface area contributed by atoms with Crippen LogP contribution in [-0.2, 0) is 10.0 Å². The highest BCUT2D eigenvalue weighted by atomic mass is 79.9. The number of sulfonamides is 1. The maximum absolute atomic E-state index is 12.2. The summed E-state index contributed by atoms with van der Waals surface area (Å²) in [5.74, 6) is 0.197. The lowest BCUT2D eigenvalue weighted by Gasteiger charge is -2.31. The number of hydrogen-bond donors (Lipinski definition) is 1. The lowest BCUT2D eigenvalue weighted by Crippen LogP contribution is -2.41. The molecule has 0 saturated carbocycles. The highest BCUT2D eigenvalue weighted by molar-refractivity contribution is 9.11. The number of nitrogens with one attached hydrogen (secondary N) is 1. The highest BCUT2D eigenvalue weighted by Crippen LogP contribution is 2.26. The van der Waals surface area contributed by atoms with Gasteiger partial charge in [0.1, 0.15) is 10.5 Å². The van der Waals surface area contributed by atoms with Crippen molar-refractivity contribution in [1.82, 2.24) is 9.62 Å². The Morgan fingerprint density at radius 3 is 2.67 bits per heavy atom. The quantitative estimate of drug-likeness (QED) is 0.787. The van der Waals surface area contributed by atoms with E-state index in [4.69, 9.17) is 4.42 Å². The number of halogens is 1. The van der Waals surface area contributed by atoms with E-state index in [0.29, 0.717) is 29.4 Å². The van der Waals surface area contributed by atoms with Crippen LogP contribution in [0.1, 0.15) is 23.2 Å². The van der Waals surface area contributed by atoms with Gasteiger partial charge in [0.05, 0.1) is 15.6 Å². The van der Waals surface area contributed by atoms with Crippen LogP contribution in [-0.4, -0.2) is 38.9 Å². The zero-order valence-electron chi connectivity index (χ0n) is 12.8. The zero-order valence-corrected chi connectivity index (χ0v) is 16.0. The molecular weight excluding hydrogens is 416 g/mol. The van der Waals surface area contributed by atoms with Crippen molar-refractivity contribution < 1.29 is 17.6 Å². The molecule has 1 saturated heterocycles. The lowest BCUT2D eigenvalue weighted by atomic mass is 9.97. The van der Waals surface area contributed by atoms with E-state index in [9.17, 15) is 13.2 Å². The molecule has 0 spiro atoms. The second-order valence-electron chi connectivity index (χ2n) is 5.66. The summed E-state index contributed by atoms with van der Waals surface area (Å²) in [5.41, 5.74) is 0.553. The minimum absolute atomic E-state index is 0.0359. The molecule has 9 heteroatoms. The smallest absolute Gasteiger partial charge is 0.257 e. The van der Waals surface area contributed by atoms with Crippen LogP contribution in [0, 0.1) is 5.92 Å². The van der Waals surface area contributed by atoms with Crippen LogP contribution < -0.4 is 4.72 Å². The summed E-state index contributed by atoms with van der Waals surface area (Å²) in [6.07, 6.45) is 4.49. The summed E-state index contributed by atoms with van der Waals surface area (Å²) >= 11 is 4.46. The SMILES string of the molecule is O=C(c1ccoc1)N1CCC(CNS(=O)(=O)c2ccc(Br)s2)CC1. The van der Waals surface area contributed by atoms with Crippen molar-refractivity contribution >= 4 is 43.2 Å². The Labute approximate surface area is 153 Å². The Morgan fingerprint density at radius 1 is 1.33 bits per heavy atom. The predicted octanol–water partition coefficient (Wildman–Crippen LogP) is 2.93. The summed E-state index contributed by atoms with van der Waals surface area (Å²) in [6.45, 7) is 1.65. The van der Waals surface area contributed by atoms with Gasteiger partial charge in [0, 0.05) is 19.6 Å². The molecule has 0 unspecified atom stereocenters. The number of carbonyl (C=O) groups excluding carboxylic acids is 1. The van der Waals surface area contributed by atoms with Crippen molar-refractivity contribution in [1.29, 1.82) is 0 Å². The molecule has 0 aliphatic carbocycles. The molecule has 2 aromatic heterocycles. The van der Waals surface area contributed by atoms with Gasteiger partial charge >= 0.3 is 0 Å². The maximum atomic E-state index is 12.2. The summed E-state index contributed by atoms with van der Waals surface area (Å²) in [6, 6.07) is 4.96. The second kappa shape index (κ2) is 7.38. The first-order valence-corrected chi connectivity index (χ1v) is 10.6. The molecule has 130 valence electrons. The van der Waals surface area contributed by atoms with Crippen LogP contribution >= 0.6 is 27.3 Å². The van der Waals surface area contributed by atoms with E-state index in [-0.39, 0.29) is 11.8 Å². The Balaban J connectivity index is 1.50. The van der Waals surface area contributed by atoms with Gasteiger partial charge in [0.2, 0.25) is 10.0 Å². The fraction of sp³-hybridized carbons (Fsp3) is 0.400. The number of nitrogens with zero attached hydrogens (tertiary/aromatic N) is 1. The summed E-state index contributed by atoms with van der Waals surface area (Å²) < 4.78 is 33.1. The number of likely N-dealkylation sites (tertiary alicyclic amines) is 1. The van der Waals surface area contributed by atoms with Crippen molar-refractivity contribution in [3.05, 3.63) is 40.1 Å². The number of carbonyl (C=O) groups is 1. The first-order chi connectivity index (χ1) is 11.5. The number of thiophene rings is 1. The van der Waals surface area contributed by atoms with Gasteiger partial charge in [-0.1, -0.05) is 0 Å². The van der Waals surface area contributed by atoms with Crippen molar-refractivity contribution in [2.24, 2.45) is 5.92 Å². The van der Waals surface area contributed by atoms with E-state index in [1.54, 1.807) is 23.1 Å². The number of amides is 1. The van der Waals surface area contributed by atoms with Crippen molar-refractivity contribution in [3.63, 3.8) is 0 Å². The van der Waals surface area contributed by atoms with Crippen LogP contribution in [0.4, 0.5) is 0 Å². The number of furan rings is 1. The molecule has 6 nitrogen and oxygen atoms in total. The molecule has 0 aromatic carbocycles. The third kappa shape index (κ3) is 4.08. The lowest BCUT2D eigenvalue weighted by molar-refractivity contribution is 0.0691. The molecule has 0 bridgehead atoms. The minimum atomic E-state index is -3.46. The zero-order chi connectivity index (χ0) is 17.2. The largest absolute Gasteiger partial charge is 0.472 e. The van der Waals surface area contributed by atoms with Crippen LogP contribution in [0.25, 0.3) is 0 Å². The van der Waals surface area contributed by atoms with Crippen LogP contribution in [0.15, 0.2) is 43.1 Å². The fourth-order valence-corrected chi connectivity index (χ4v) is 5.82. The minimum Gasteiger partial charge on any atom is -0.472 e. The molecule has 3 rings (SSSR count). The first kappa shape index (κ1) is 17.7. The molecule has 24 heavy (non-hydrogen) atoms. The van der Waals surface area contributed by atoms with Gasteiger partial charge in [-0.2, -0.15) is 0 Å². The molecule has 1 aliphatic heterocycles. The normalized spacial score (nSPS) is 16.5. The Hall–Kier alpha value is -1.16. The van der Waals surface area contributed by atoms with Crippen molar-refractivity contribution in [2.75, 3.05) is 19.6 Å². The van der Waals surface area contributed by atoms with Gasteiger partial charge in [-0.05, 0) is 52.9 Å². The Kier molecular flexibility index (Phi) is 5.43. The van der Waals surface area contributed by atoms with Crippen molar-refractivity contribution in [2.45, 2.75) is 17.1 Å². The molecule has 0 atom stereocenters. The van der Waals surface area contributed by atoms with Crippen LogP contribution in [0.3, 0.4) is 0 Å². The number of piperidine rings is 1. The van der Waals surface area contributed by atoms with E-state index in [0.717, 1.165) is 16.6 Å². The van der Waals surface area contributed by atoms with E-state index >= 15 is 0 Å². The molecule has 0 radical (unpaired) electrons. The predicted molar refractivity (Wildman–Crippen MR) is 94.5 cm³/mol. The summed E-state index contributed by atoms with van der Waals surface area (Å²) in [7, 11) is -3.46. The Bertz CT molecular complexity index is 793. The van der Waals surface area contributed by atoms with Gasteiger partial charge in [0.25, 0.3) is 5.91 Å². The molecule has 1 N–H and O–H groups in total. The van der Waals surface area contributed by atoms with Gasteiger partial charge in [-0.3, -0.25) is 4.79 Å². The van der Waals surface area contributed by atoms with Gasteiger partial charge in [-0.25, -0.2) is 13.1 Å². The van der Waals surface area contributed by atoms with Crippen LogP contribution in [0.5, 0.6) is 0 Å². The number of rotatable bonds is 5. The van der Waals surface area contributed by atoms with Gasteiger partial charge in [-0.15, -0.1) is 11.3 Å². The number of hydrogen-bond acceptors (Lipinski definition) is 5. The summed E-state index contributed by atoms with van der Waals surface area (Å²) in [4.78, 5) is 14.0. The topological polar surface area (TPSA) is 79.6 Å². The molecule has 1 aliphatic rings.